The van der Waals surface area contributed by atoms with E-state index in [2.05, 4.69) is 20.3 Å². The highest BCUT2D eigenvalue weighted by atomic mass is 32.2. The highest BCUT2D eigenvalue weighted by molar-refractivity contribution is 7.99. The van der Waals surface area contributed by atoms with E-state index in [9.17, 15) is 19.2 Å². The fourth-order valence-corrected chi connectivity index (χ4v) is 5.12. The molecule has 3 amide bonds. The molecule has 0 bridgehead atoms. The third kappa shape index (κ3) is 5.89. The zero-order valence-corrected chi connectivity index (χ0v) is 22.5. The van der Waals surface area contributed by atoms with Crippen molar-refractivity contribution in [2.75, 3.05) is 24.7 Å². The number of anilines is 1. The molecule has 204 valence electrons. The maximum absolute atomic E-state index is 13.0. The van der Waals surface area contributed by atoms with Crippen LogP contribution in [0.25, 0.3) is 10.8 Å². The second-order valence-corrected chi connectivity index (χ2v) is 10.1. The Labute approximate surface area is 234 Å². The van der Waals surface area contributed by atoms with Gasteiger partial charge in [0.25, 0.3) is 17.0 Å². The molecule has 2 heterocycles. The first-order valence-electron chi connectivity index (χ1n) is 12.8. The van der Waals surface area contributed by atoms with E-state index in [-0.39, 0.29) is 23.5 Å². The van der Waals surface area contributed by atoms with Crippen molar-refractivity contribution in [2.24, 2.45) is 0 Å². The summed E-state index contributed by atoms with van der Waals surface area (Å²) in [5, 5.41) is 12.7. The normalized spacial score (nSPS) is 12.6. The number of aromatic nitrogens is 2. The van der Waals surface area contributed by atoms with Gasteiger partial charge in [0.05, 0.1) is 18.4 Å². The molecule has 1 N–H and O–H groups in total. The smallest absolute Gasteiger partial charge is 0.337 e. The molecule has 0 fully saturated rings. The number of benzene rings is 3. The number of esters is 1. The summed E-state index contributed by atoms with van der Waals surface area (Å²) in [6.07, 6.45) is 2.73. The number of rotatable bonds is 11. The van der Waals surface area contributed by atoms with E-state index in [1.165, 1.54) is 12.0 Å². The number of hydrogen-bond acceptors (Lipinski definition) is 9. The summed E-state index contributed by atoms with van der Waals surface area (Å²) < 4.78 is 10.3. The molecule has 10 nitrogen and oxygen atoms in total. The summed E-state index contributed by atoms with van der Waals surface area (Å²) in [7, 11) is 1.31. The molecule has 0 spiro atoms. The van der Waals surface area contributed by atoms with Crippen molar-refractivity contribution in [1.29, 1.82) is 0 Å². The van der Waals surface area contributed by atoms with E-state index >= 15 is 0 Å². The molecule has 1 aromatic heterocycles. The maximum atomic E-state index is 13.0. The molecule has 0 saturated heterocycles. The predicted octanol–water partition coefficient (Wildman–Crippen LogP) is 4.75. The molecule has 11 heteroatoms. The number of aryl methyl sites for hydroxylation is 1. The van der Waals surface area contributed by atoms with E-state index < -0.39 is 5.97 Å². The standard InChI is InChI=1S/C29H26N4O6S/c1-38-28(37)19-12-14-20(15-13-19)30-23(34)17-40-29-32-31-24(39-29)11-3-2-4-16-33-26(35)21-9-5-7-18-8-6-10-22(25(18)21)27(33)36/h5-10,12-15H,2-4,11,16-17H2,1H3,(H,30,34). The molecule has 4 aromatic rings. The van der Waals surface area contributed by atoms with Crippen LogP contribution in [0, 0.1) is 0 Å². The van der Waals surface area contributed by atoms with Gasteiger partial charge in [-0.25, -0.2) is 4.79 Å². The Kier molecular flexibility index (Phi) is 8.20. The number of amides is 3. The zero-order chi connectivity index (χ0) is 28.1. The summed E-state index contributed by atoms with van der Waals surface area (Å²) >= 11 is 1.13. The Morgan fingerprint density at radius 3 is 2.30 bits per heavy atom. The number of carbonyl (C=O) groups excluding carboxylic acids is 4. The molecule has 0 unspecified atom stereocenters. The van der Waals surface area contributed by atoms with Crippen molar-refractivity contribution >= 4 is 51.9 Å². The van der Waals surface area contributed by atoms with E-state index in [1.807, 2.05) is 24.3 Å². The first-order chi connectivity index (χ1) is 19.4. The number of unbranched alkanes of at least 4 members (excludes halogenated alkanes) is 2. The van der Waals surface area contributed by atoms with Gasteiger partial charge in [0.15, 0.2) is 0 Å². The summed E-state index contributed by atoms with van der Waals surface area (Å²) in [4.78, 5) is 51.0. The minimum atomic E-state index is -0.447. The molecule has 1 aliphatic heterocycles. The molecule has 0 aliphatic carbocycles. The number of methoxy groups -OCH3 is 1. The monoisotopic (exact) mass is 558 g/mol. The highest BCUT2D eigenvalue weighted by Crippen LogP contribution is 2.30. The van der Waals surface area contributed by atoms with Crippen LogP contribution in [0.4, 0.5) is 5.69 Å². The lowest BCUT2D eigenvalue weighted by Gasteiger charge is -2.27. The van der Waals surface area contributed by atoms with Crippen LogP contribution in [-0.2, 0) is 16.0 Å². The zero-order valence-electron chi connectivity index (χ0n) is 21.7. The molecular weight excluding hydrogens is 532 g/mol. The van der Waals surface area contributed by atoms with Gasteiger partial charge in [-0.2, -0.15) is 0 Å². The number of imide groups is 1. The average molecular weight is 559 g/mol. The molecule has 0 radical (unpaired) electrons. The van der Waals surface area contributed by atoms with E-state index in [0.29, 0.717) is 52.9 Å². The minimum Gasteiger partial charge on any atom is -0.465 e. The molecule has 40 heavy (non-hydrogen) atoms. The van der Waals surface area contributed by atoms with Gasteiger partial charge in [0, 0.05) is 35.2 Å². The van der Waals surface area contributed by atoms with Crippen molar-refractivity contribution in [3.05, 3.63) is 83.2 Å². The molecule has 0 saturated carbocycles. The Morgan fingerprint density at radius 1 is 0.925 bits per heavy atom. The molecule has 5 rings (SSSR count). The fraction of sp³-hybridized carbons (Fsp3) is 0.241. The number of nitrogens with zero attached hydrogens (tertiary/aromatic N) is 3. The van der Waals surface area contributed by atoms with Gasteiger partial charge in [-0.15, -0.1) is 10.2 Å². The third-order valence-corrected chi connectivity index (χ3v) is 7.31. The van der Waals surface area contributed by atoms with Crippen LogP contribution < -0.4 is 5.32 Å². The van der Waals surface area contributed by atoms with Crippen molar-refractivity contribution < 1.29 is 28.3 Å². The number of ether oxygens (including phenoxy) is 1. The first kappa shape index (κ1) is 27.1. The van der Waals surface area contributed by atoms with Crippen molar-refractivity contribution in [2.45, 2.75) is 30.9 Å². The van der Waals surface area contributed by atoms with Gasteiger partial charge in [-0.1, -0.05) is 42.4 Å². The van der Waals surface area contributed by atoms with Gasteiger partial charge in [0.2, 0.25) is 11.8 Å². The number of thioether (sulfide) groups is 1. The maximum Gasteiger partial charge on any atom is 0.337 e. The lowest BCUT2D eigenvalue weighted by molar-refractivity contribution is -0.113. The Balaban J connectivity index is 1.04. The molecule has 1 aliphatic rings. The second kappa shape index (κ2) is 12.1. The van der Waals surface area contributed by atoms with Crippen LogP contribution in [-0.4, -0.2) is 58.2 Å². The minimum absolute atomic E-state index is 0.0785. The number of carbonyl (C=O) groups is 4. The van der Waals surface area contributed by atoms with E-state index in [1.54, 1.807) is 36.4 Å². The first-order valence-corrected chi connectivity index (χ1v) is 13.7. The van der Waals surface area contributed by atoms with Crippen LogP contribution in [0.15, 0.2) is 70.3 Å². The molecule has 3 aromatic carbocycles. The van der Waals surface area contributed by atoms with Gasteiger partial charge in [0.1, 0.15) is 0 Å². The Morgan fingerprint density at radius 2 is 1.62 bits per heavy atom. The second-order valence-electron chi connectivity index (χ2n) is 9.15. The van der Waals surface area contributed by atoms with Gasteiger partial charge in [-0.05, 0) is 54.6 Å². The number of nitrogens with one attached hydrogen (secondary N) is 1. The SMILES string of the molecule is COC(=O)c1ccc(NC(=O)CSc2nnc(CCCCCN3C(=O)c4cccc5cccc(c45)C3=O)o2)cc1. The van der Waals surface area contributed by atoms with Crippen molar-refractivity contribution in [3.8, 4) is 0 Å². The van der Waals surface area contributed by atoms with Crippen LogP contribution in [0.5, 0.6) is 0 Å². The molecular formula is C29H26N4O6S. The largest absolute Gasteiger partial charge is 0.465 e. The topological polar surface area (TPSA) is 132 Å². The fourth-order valence-electron chi connectivity index (χ4n) is 4.54. The van der Waals surface area contributed by atoms with Crippen molar-refractivity contribution in [3.63, 3.8) is 0 Å². The van der Waals surface area contributed by atoms with Gasteiger partial charge in [-0.3, -0.25) is 19.3 Å². The van der Waals surface area contributed by atoms with E-state index in [0.717, 1.165) is 35.4 Å². The van der Waals surface area contributed by atoms with Gasteiger partial charge >= 0.3 is 5.97 Å². The predicted molar refractivity (Wildman–Crippen MR) is 148 cm³/mol. The Bertz CT molecular complexity index is 1530. The highest BCUT2D eigenvalue weighted by Gasteiger charge is 2.32. The summed E-state index contributed by atoms with van der Waals surface area (Å²) in [5.41, 5.74) is 2.08. The van der Waals surface area contributed by atoms with E-state index in [4.69, 9.17) is 4.42 Å². The summed E-state index contributed by atoms with van der Waals surface area (Å²) in [5.74, 6) is -0.666. The molecule has 0 atom stereocenters. The van der Waals surface area contributed by atoms with Crippen LogP contribution >= 0.6 is 11.8 Å². The Hall–Kier alpha value is -4.51. The lowest BCUT2D eigenvalue weighted by atomic mass is 9.94. The average Bonchev–Trinajstić information content (AvgIpc) is 3.43. The van der Waals surface area contributed by atoms with Crippen molar-refractivity contribution in [1.82, 2.24) is 15.1 Å². The van der Waals surface area contributed by atoms with Crippen LogP contribution in [0.1, 0.15) is 56.2 Å². The quantitative estimate of drug-likeness (QED) is 0.120. The van der Waals surface area contributed by atoms with Crippen LogP contribution in [0.2, 0.25) is 0 Å². The lowest BCUT2D eigenvalue weighted by Crippen LogP contribution is -2.40. The summed E-state index contributed by atoms with van der Waals surface area (Å²) in [6.45, 7) is 0.341. The van der Waals surface area contributed by atoms with Crippen LogP contribution in [0.3, 0.4) is 0 Å². The third-order valence-electron chi connectivity index (χ3n) is 6.49. The number of hydrogen-bond donors (Lipinski definition) is 1. The summed E-state index contributed by atoms with van der Waals surface area (Å²) in [6, 6.07) is 17.4. The van der Waals surface area contributed by atoms with Gasteiger partial charge < -0.3 is 14.5 Å².